The van der Waals surface area contributed by atoms with Gasteiger partial charge < -0.3 is 9.88 Å². The van der Waals surface area contributed by atoms with Crippen molar-refractivity contribution in [2.75, 3.05) is 14.1 Å². The van der Waals surface area contributed by atoms with Crippen molar-refractivity contribution < 1.29 is 10.6 Å². The fraction of sp³-hybridized carbons (Fsp3) is 0.250. The fourth-order valence-corrected chi connectivity index (χ4v) is 1.68. The van der Waals surface area contributed by atoms with Gasteiger partial charge >= 0.3 is 0 Å². The van der Waals surface area contributed by atoms with Crippen LogP contribution in [0.25, 0.3) is 10.9 Å². The van der Waals surface area contributed by atoms with E-state index < -0.39 is 0 Å². The molecule has 0 radical (unpaired) electrons. The highest BCUT2D eigenvalue weighted by atomic mass is 19.1. The predicted octanol–water partition coefficient (Wildman–Crippen LogP) is 2.56. The number of hydrogen-bond donors (Lipinski definition) is 1. The van der Waals surface area contributed by atoms with Crippen LogP contribution in [-0.2, 0) is 0 Å². The van der Waals surface area contributed by atoms with Crippen molar-refractivity contribution >= 4 is 16.8 Å². The second-order valence-corrected chi connectivity index (χ2v) is 4.04. The van der Waals surface area contributed by atoms with Gasteiger partial charge in [-0.2, -0.15) is 0 Å². The standard InChI is InChI=1S/C12H13FN2O.H2/c1-7-4-5-9(13)11-8(7)6-10(14-11)12(16)15(2)3;/h4-6,14H,1-3H3;1H. The van der Waals surface area contributed by atoms with Gasteiger partial charge in [0.1, 0.15) is 11.5 Å². The third kappa shape index (κ3) is 1.56. The lowest BCUT2D eigenvalue weighted by molar-refractivity contribution is 0.0823. The summed E-state index contributed by atoms with van der Waals surface area (Å²) < 4.78 is 13.5. The van der Waals surface area contributed by atoms with Gasteiger partial charge in [-0.3, -0.25) is 4.79 Å². The number of H-pyrrole nitrogens is 1. The number of halogens is 1. The van der Waals surface area contributed by atoms with Crippen molar-refractivity contribution in [3.8, 4) is 0 Å². The van der Waals surface area contributed by atoms with Crippen LogP contribution in [0.5, 0.6) is 0 Å². The Morgan fingerprint density at radius 2 is 2.12 bits per heavy atom. The van der Waals surface area contributed by atoms with Gasteiger partial charge in [0.25, 0.3) is 5.91 Å². The number of carbonyl (C=O) groups excluding carboxylic acids is 1. The first-order chi connectivity index (χ1) is 7.50. The number of aryl methyl sites for hydroxylation is 1. The Morgan fingerprint density at radius 3 is 2.69 bits per heavy atom. The lowest BCUT2D eigenvalue weighted by Gasteiger charge is -2.07. The van der Waals surface area contributed by atoms with E-state index in [9.17, 15) is 9.18 Å². The number of fused-ring (bicyclic) bond motifs is 1. The molecule has 1 aromatic carbocycles. The Bertz CT molecular complexity index is 524. The van der Waals surface area contributed by atoms with Crippen LogP contribution in [0.2, 0.25) is 0 Å². The SMILES string of the molecule is Cc1ccc(F)c2[nH]c(C(=O)N(C)C)cc12.[HH]. The van der Waals surface area contributed by atoms with Gasteiger partial charge in [0.15, 0.2) is 0 Å². The zero-order chi connectivity index (χ0) is 11.9. The second kappa shape index (κ2) is 3.63. The van der Waals surface area contributed by atoms with E-state index in [0.29, 0.717) is 11.2 Å². The minimum absolute atomic E-state index is 0. The van der Waals surface area contributed by atoms with E-state index in [1.807, 2.05) is 6.92 Å². The molecular formula is C12H15FN2O. The molecule has 0 aliphatic carbocycles. The van der Waals surface area contributed by atoms with Crippen LogP contribution >= 0.6 is 0 Å². The summed E-state index contributed by atoms with van der Waals surface area (Å²) in [4.78, 5) is 16.0. The first-order valence-corrected chi connectivity index (χ1v) is 5.00. The number of benzene rings is 1. The Balaban J connectivity index is 0.00000144. The van der Waals surface area contributed by atoms with Crippen molar-refractivity contribution in [3.05, 3.63) is 35.3 Å². The maximum Gasteiger partial charge on any atom is 0.269 e. The van der Waals surface area contributed by atoms with Gasteiger partial charge in [0, 0.05) is 20.9 Å². The number of nitrogens with one attached hydrogen (secondary N) is 1. The topological polar surface area (TPSA) is 36.1 Å². The molecule has 1 aromatic heterocycles. The van der Waals surface area contributed by atoms with Crippen LogP contribution in [0, 0.1) is 12.7 Å². The molecule has 1 heterocycles. The third-order valence-corrected chi connectivity index (χ3v) is 2.60. The van der Waals surface area contributed by atoms with Gasteiger partial charge in [0.05, 0.1) is 5.52 Å². The molecule has 4 heteroatoms. The van der Waals surface area contributed by atoms with Crippen molar-refractivity contribution in [2.24, 2.45) is 0 Å². The molecule has 0 unspecified atom stereocenters. The molecular weight excluding hydrogens is 207 g/mol. The van der Waals surface area contributed by atoms with Crippen LogP contribution in [0.4, 0.5) is 4.39 Å². The summed E-state index contributed by atoms with van der Waals surface area (Å²) in [5.41, 5.74) is 1.75. The molecule has 2 aromatic rings. The fourth-order valence-electron chi connectivity index (χ4n) is 1.68. The Labute approximate surface area is 94.4 Å². The molecule has 3 nitrogen and oxygen atoms in total. The Morgan fingerprint density at radius 1 is 1.44 bits per heavy atom. The van der Waals surface area contributed by atoms with Gasteiger partial charge in [-0.25, -0.2) is 4.39 Å². The highest BCUT2D eigenvalue weighted by Crippen LogP contribution is 2.22. The number of hydrogen-bond acceptors (Lipinski definition) is 1. The molecule has 1 N–H and O–H groups in total. The van der Waals surface area contributed by atoms with Crippen molar-refractivity contribution in [3.63, 3.8) is 0 Å². The summed E-state index contributed by atoms with van der Waals surface area (Å²) in [6.45, 7) is 1.89. The van der Waals surface area contributed by atoms with Gasteiger partial charge in [-0.15, -0.1) is 0 Å². The summed E-state index contributed by atoms with van der Waals surface area (Å²) in [6.07, 6.45) is 0. The number of rotatable bonds is 1. The summed E-state index contributed by atoms with van der Waals surface area (Å²) >= 11 is 0. The highest BCUT2D eigenvalue weighted by molar-refractivity contribution is 5.98. The zero-order valence-corrected chi connectivity index (χ0v) is 9.47. The molecule has 0 bridgehead atoms. The maximum absolute atomic E-state index is 13.5. The second-order valence-electron chi connectivity index (χ2n) is 4.04. The van der Waals surface area contributed by atoms with Gasteiger partial charge in [-0.1, -0.05) is 6.07 Å². The molecule has 0 saturated carbocycles. The largest absolute Gasteiger partial charge is 0.348 e. The molecule has 0 spiro atoms. The molecule has 2 rings (SSSR count). The molecule has 0 atom stereocenters. The highest BCUT2D eigenvalue weighted by Gasteiger charge is 2.14. The van der Waals surface area contributed by atoms with Gasteiger partial charge in [0.2, 0.25) is 0 Å². The van der Waals surface area contributed by atoms with Crippen LogP contribution in [0.1, 0.15) is 17.5 Å². The summed E-state index contributed by atoms with van der Waals surface area (Å²) in [6, 6.07) is 4.80. The summed E-state index contributed by atoms with van der Waals surface area (Å²) in [5, 5.41) is 0.755. The number of aromatic amines is 1. The van der Waals surface area contributed by atoms with Crippen LogP contribution in [0.15, 0.2) is 18.2 Å². The van der Waals surface area contributed by atoms with Crippen LogP contribution in [-0.4, -0.2) is 29.9 Å². The lowest BCUT2D eigenvalue weighted by atomic mass is 10.1. The van der Waals surface area contributed by atoms with Crippen molar-refractivity contribution in [2.45, 2.75) is 6.92 Å². The van der Waals surface area contributed by atoms with E-state index in [-0.39, 0.29) is 13.2 Å². The van der Waals surface area contributed by atoms with Gasteiger partial charge in [-0.05, 0) is 24.6 Å². The van der Waals surface area contributed by atoms with E-state index in [4.69, 9.17) is 0 Å². The van der Waals surface area contributed by atoms with E-state index in [2.05, 4.69) is 4.98 Å². The van der Waals surface area contributed by atoms with E-state index in [1.54, 1.807) is 26.2 Å². The first kappa shape index (κ1) is 10.7. The molecule has 1 amide bonds. The monoisotopic (exact) mass is 222 g/mol. The minimum atomic E-state index is -0.335. The first-order valence-electron chi connectivity index (χ1n) is 5.00. The summed E-state index contributed by atoms with van der Waals surface area (Å²) in [7, 11) is 3.33. The molecule has 0 aliphatic rings. The van der Waals surface area contributed by atoms with Crippen molar-refractivity contribution in [1.29, 1.82) is 0 Å². The number of nitrogens with zero attached hydrogens (tertiary/aromatic N) is 1. The molecule has 16 heavy (non-hydrogen) atoms. The molecule has 86 valence electrons. The van der Waals surface area contributed by atoms with E-state index in [1.165, 1.54) is 11.0 Å². The number of carbonyl (C=O) groups is 1. The van der Waals surface area contributed by atoms with Crippen molar-refractivity contribution in [1.82, 2.24) is 9.88 Å². The molecule has 0 fully saturated rings. The lowest BCUT2D eigenvalue weighted by Crippen LogP contribution is -2.21. The Hall–Kier alpha value is -1.84. The Kier molecular flexibility index (Phi) is 2.42. The maximum atomic E-state index is 13.5. The minimum Gasteiger partial charge on any atom is -0.348 e. The smallest absolute Gasteiger partial charge is 0.269 e. The molecule has 0 aliphatic heterocycles. The number of amides is 1. The predicted molar refractivity (Wildman–Crippen MR) is 63.1 cm³/mol. The van der Waals surface area contributed by atoms with Crippen LogP contribution in [0.3, 0.4) is 0 Å². The zero-order valence-electron chi connectivity index (χ0n) is 9.47. The quantitative estimate of drug-likeness (QED) is 0.790. The van der Waals surface area contributed by atoms with E-state index in [0.717, 1.165) is 10.9 Å². The van der Waals surface area contributed by atoms with E-state index >= 15 is 0 Å². The summed E-state index contributed by atoms with van der Waals surface area (Å²) in [5.74, 6) is -0.492. The molecule has 0 saturated heterocycles. The van der Waals surface area contributed by atoms with Crippen LogP contribution < -0.4 is 0 Å². The normalized spacial score (nSPS) is 10.8. The average molecular weight is 222 g/mol. The number of aromatic nitrogens is 1. The third-order valence-electron chi connectivity index (χ3n) is 2.60. The average Bonchev–Trinajstić information content (AvgIpc) is 2.68.